The molecule has 4 rings (SSSR count). The zero-order valence-electron chi connectivity index (χ0n) is 14.3. The van der Waals surface area contributed by atoms with Gasteiger partial charge in [-0.1, -0.05) is 30.3 Å². The molecule has 6 nitrogen and oxygen atoms in total. The predicted octanol–water partition coefficient (Wildman–Crippen LogP) is 1.93. The second-order valence-corrected chi connectivity index (χ2v) is 6.49. The zero-order chi connectivity index (χ0) is 17.9. The van der Waals surface area contributed by atoms with Crippen molar-refractivity contribution >= 4 is 16.8 Å². The first-order valence-electron chi connectivity index (χ1n) is 8.78. The Hall–Kier alpha value is -2.99. The van der Waals surface area contributed by atoms with Gasteiger partial charge in [0.15, 0.2) is 0 Å². The number of aromatic nitrogens is 2. The summed E-state index contributed by atoms with van der Waals surface area (Å²) in [7, 11) is 0. The van der Waals surface area contributed by atoms with E-state index in [1.54, 1.807) is 18.2 Å². The van der Waals surface area contributed by atoms with Gasteiger partial charge in [0.25, 0.3) is 11.5 Å². The van der Waals surface area contributed by atoms with Gasteiger partial charge in [-0.25, -0.2) is 4.98 Å². The molecule has 2 heterocycles. The number of aromatic amines is 1. The number of amides is 1. The van der Waals surface area contributed by atoms with Gasteiger partial charge >= 0.3 is 0 Å². The molecule has 26 heavy (non-hydrogen) atoms. The van der Waals surface area contributed by atoms with E-state index >= 15 is 0 Å². The normalized spacial score (nSPS) is 16.7. The molecule has 1 aliphatic heterocycles. The molecule has 1 saturated heterocycles. The molecular weight excluding hydrogens is 328 g/mol. The number of hydrogen-bond donors (Lipinski definition) is 3. The van der Waals surface area contributed by atoms with Crippen LogP contribution in [0.3, 0.4) is 0 Å². The molecule has 1 atom stereocenters. The van der Waals surface area contributed by atoms with E-state index in [0.717, 1.165) is 25.1 Å². The van der Waals surface area contributed by atoms with Crippen LogP contribution in [0.5, 0.6) is 0 Å². The second kappa shape index (κ2) is 7.09. The Morgan fingerprint density at radius 1 is 1.15 bits per heavy atom. The van der Waals surface area contributed by atoms with E-state index < -0.39 is 0 Å². The Bertz CT molecular complexity index is 1010. The molecule has 0 spiro atoms. The van der Waals surface area contributed by atoms with E-state index in [2.05, 4.69) is 20.6 Å². The second-order valence-electron chi connectivity index (χ2n) is 6.49. The molecule has 132 valence electrons. The van der Waals surface area contributed by atoms with Gasteiger partial charge in [-0.05, 0) is 42.6 Å². The Labute approximate surface area is 150 Å². The first-order chi connectivity index (χ1) is 12.7. The summed E-state index contributed by atoms with van der Waals surface area (Å²) in [4.78, 5) is 32.0. The standard InChI is InChI=1S/C20H20N4O2/c25-19(15-6-2-1-5-14(15)13-9-10-21-11-13)22-12-18-23-17-8-4-3-7-16(17)20(26)24-18/h1-8,13,21H,9-12H2,(H,22,25)(H,23,24,26)/t13-/m1/s1. The summed E-state index contributed by atoms with van der Waals surface area (Å²) in [5.41, 5.74) is 2.18. The fourth-order valence-electron chi connectivity index (χ4n) is 3.46. The van der Waals surface area contributed by atoms with Crippen molar-refractivity contribution in [3.63, 3.8) is 0 Å². The fraction of sp³-hybridized carbons (Fsp3) is 0.250. The Balaban J connectivity index is 1.54. The van der Waals surface area contributed by atoms with Crippen molar-refractivity contribution in [2.45, 2.75) is 18.9 Å². The van der Waals surface area contributed by atoms with Gasteiger partial charge in [-0.15, -0.1) is 0 Å². The van der Waals surface area contributed by atoms with Crippen LogP contribution in [-0.4, -0.2) is 29.0 Å². The predicted molar refractivity (Wildman–Crippen MR) is 100 cm³/mol. The molecule has 1 aromatic heterocycles. The van der Waals surface area contributed by atoms with Gasteiger partial charge in [0.05, 0.1) is 17.4 Å². The molecule has 0 unspecified atom stereocenters. The molecule has 0 aliphatic carbocycles. The van der Waals surface area contributed by atoms with Crippen molar-refractivity contribution in [1.29, 1.82) is 0 Å². The summed E-state index contributed by atoms with van der Waals surface area (Å²) in [5, 5.41) is 6.76. The number of nitrogens with zero attached hydrogens (tertiary/aromatic N) is 1. The highest BCUT2D eigenvalue weighted by molar-refractivity contribution is 5.95. The maximum atomic E-state index is 12.7. The lowest BCUT2D eigenvalue weighted by Crippen LogP contribution is -2.27. The topological polar surface area (TPSA) is 86.9 Å². The highest BCUT2D eigenvalue weighted by Gasteiger charge is 2.22. The van der Waals surface area contributed by atoms with Gasteiger partial charge in [0.2, 0.25) is 0 Å². The van der Waals surface area contributed by atoms with Gasteiger partial charge in [0, 0.05) is 12.1 Å². The summed E-state index contributed by atoms with van der Waals surface area (Å²) in [6.07, 6.45) is 1.03. The van der Waals surface area contributed by atoms with Crippen LogP contribution < -0.4 is 16.2 Å². The Kier molecular flexibility index (Phi) is 4.50. The van der Waals surface area contributed by atoms with Crippen molar-refractivity contribution in [3.8, 4) is 0 Å². The average Bonchev–Trinajstić information content (AvgIpc) is 3.21. The van der Waals surface area contributed by atoms with Crippen molar-refractivity contribution in [2.75, 3.05) is 13.1 Å². The number of hydrogen-bond acceptors (Lipinski definition) is 4. The maximum Gasteiger partial charge on any atom is 0.258 e. The Morgan fingerprint density at radius 2 is 1.96 bits per heavy atom. The first kappa shape index (κ1) is 16.5. The van der Waals surface area contributed by atoms with Crippen molar-refractivity contribution in [1.82, 2.24) is 20.6 Å². The van der Waals surface area contributed by atoms with Crippen LogP contribution >= 0.6 is 0 Å². The van der Waals surface area contributed by atoms with Crippen molar-refractivity contribution in [2.24, 2.45) is 0 Å². The van der Waals surface area contributed by atoms with Gasteiger partial charge < -0.3 is 15.6 Å². The quantitative estimate of drug-likeness (QED) is 0.672. The van der Waals surface area contributed by atoms with E-state index in [-0.39, 0.29) is 18.0 Å². The third kappa shape index (κ3) is 3.23. The Morgan fingerprint density at radius 3 is 2.81 bits per heavy atom. The summed E-state index contributed by atoms with van der Waals surface area (Å²) in [6.45, 7) is 2.04. The SMILES string of the molecule is O=C(NCc1nc2ccccc2c(=O)[nH]1)c1ccccc1[C@@H]1CCNC1. The molecule has 2 aromatic carbocycles. The minimum Gasteiger partial charge on any atom is -0.345 e. The largest absolute Gasteiger partial charge is 0.345 e. The van der Waals surface area contributed by atoms with Crippen LogP contribution in [0.15, 0.2) is 53.3 Å². The molecule has 3 aromatic rings. The third-order valence-electron chi connectivity index (χ3n) is 4.78. The third-order valence-corrected chi connectivity index (χ3v) is 4.78. The lowest BCUT2D eigenvalue weighted by Gasteiger charge is -2.14. The molecular formula is C20H20N4O2. The van der Waals surface area contributed by atoms with Gasteiger partial charge in [-0.3, -0.25) is 9.59 Å². The number of para-hydroxylation sites is 1. The number of H-pyrrole nitrogens is 1. The first-order valence-corrected chi connectivity index (χ1v) is 8.78. The molecule has 1 amide bonds. The number of carbonyl (C=O) groups is 1. The lowest BCUT2D eigenvalue weighted by molar-refractivity contribution is 0.0948. The van der Waals surface area contributed by atoms with Crippen LogP contribution in [0.1, 0.15) is 34.1 Å². The molecule has 0 radical (unpaired) electrons. The van der Waals surface area contributed by atoms with E-state index in [9.17, 15) is 9.59 Å². The highest BCUT2D eigenvalue weighted by atomic mass is 16.1. The molecule has 1 aliphatic rings. The summed E-state index contributed by atoms with van der Waals surface area (Å²) in [6, 6.07) is 14.9. The highest BCUT2D eigenvalue weighted by Crippen LogP contribution is 2.25. The van der Waals surface area contributed by atoms with Crippen LogP contribution in [0.25, 0.3) is 10.9 Å². The number of fused-ring (bicyclic) bond motifs is 1. The van der Waals surface area contributed by atoms with Crippen molar-refractivity contribution < 1.29 is 4.79 Å². The minimum atomic E-state index is -0.197. The summed E-state index contributed by atoms with van der Waals surface area (Å²) in [5.74, 6) is 0.654. The van der Waals surface area contributed by atoms with Crippen LogP contribution in [0, 0.1) is 0 Å². The molecule has 0 bridgehead atoms. The average molecular weight is 348 g/mol. The minimum absolute atomic E-state index is 0.150. The number of nitrogens with one attached hydrogen (secondary N) is 3. The van der Waals surface area contributed by atoms with Crippen LogP contribution in [-0.2, 0) is 6.54 Å². The molecule has 1 fully saturated rings. The molecule has 6 heteroatoms. The van der Waals surface area contributed by atoms with E-state index in [1.165, 1.54) is 0 Å². The lowest BCUT2D eigenvalue weighted by atomic mass is 9.93. The smallest absolute Gasteiger partial charge is 0.258 e. The van der Waals surface area contributed by atoms with Crippen molar-refractivity contribution in [3.05, 3.63) is 75.8 Å². The van der Waals surface area contributed by atoms with Crippen LogP contribution in [0.2, 0.25) is 0 Å². The molecule has 0 saturated carbocycles. The van der Waals surface area contributed by atoms with E-state index in [4.69, 9.17) is 0 Å². The number of benzene rings is 2. The number of rotatable bonds is 4. The van der Waals surface area contributed by atoms with E-state index in [0.29, 0.717) is 28.2 Å². The summed E-state index contributed by atoms with van der Waals surface area (Å²) >= 11 is 0. The van der Waals surface area contributed by atoms with Gasteiger partial charge in [-0.2, -0.15) is 0 Å². The fourth-order valence-corrected chi connectivity index (χ4v) is 3.46. The number of carbonyl (C=O) groups excluding carboxylic acids is 1. The monoisotopic (exact) mass is 348 g/mol. The van der Waals surface area contributed by atoms with E-state index in [1.807, 2.05) is 30.3 Å². The van der Waals surface area contributed by atoms with Gasteiger partial charge in [0.1, 0.15) is 5.82 Å². The summed E-state index contributed by atoms with van der Waals surface area (Å²) < 4.78 is 0. The zero-order valence-corrected chi connectivity index (χ0v) is 14.3. The van der Waals surface area contributed by atoms with Crippen LogP contribution in [0.4, 0.5) is 0 Å². The maximum absolute atomic E-state index is 12.7. The molecule has 3 N–H and O–H groups in total.